The largest absolute Gasteiger partial charge is 0.390 e. The molecule has 0 aliphatic carbocycles. The maximum absolute atomic E-state index is 11.9. The number of hydrogen-bond donors (Lipinski definition) is 2. The molecule has 1 aromatic carbocycles. The summed E-state index contributed by atoms with van der Waals surface area (Å²) in [6.07, 6.45) is 4.81. The molecule has 10 nitrogen and oxygen atoms in total. The summed E-state index contributed by atoms with van der Waals surface area (Å²) in [5.74, 6) is 7.37. The highest BCUT2D eigenvalue weighted by molar-refractivity contribution is 6.09. The molecule has 0 radical (unpaired) electrons. The third kappa shape index (κ3) is 3.83. The summed E-state index contributed by atoms with van der Waals surface area (Å²) >= 11 is 0. The van der Waals surface area contributed by atoms with E-state index in [2.05, 4.69) is 44.5 Å². The molecule has 0 spiro atoms. The van der Waals surface area contributed by atoms with Crippen LogP contribution in [0.15, 0.2) is 43.4 Å². The Balaban J connectivity index is 1.30. The average Bonchev–Trinajstić information content (AvgIpc) is 3.41. The van der Waals surface area contributed by atoms with Crippen LogP contribution in [0.25, 0.3) is 33.1 Å². The molecule has 2 saturated heterocycles. The van der Waals surface area contributed by atoms with Crippen molar-refractivity contribution in [2.45, 2.75) is 18.6 Å². The number of benzene rings is 1. The first-order valence-electron chi connectivity index (χ1n) is 12.7. The number of hydrogen-bond acceptors (Lipinski definition) is 7. The molecule has 2 unspecified atom stereocenters. The molecule has 10 heteroatoms. The number of carbonyl (C=O) groups excluding carboxylic acids is 1. The molecule has 194 valence electrons. The minimum atomic E-state index is -0.576. The molecule has 6 rings (SSSR count). The number of aryl methyl sites for hydroxylation is 2. The number of fused-ring (bicyclic) bond motifs is 2. The number of amides is 1. The minimum Gasteiger partial charge on any atom is -0.390 e. The lowest BCUT2D eigenvalue weighted by Crippen LogP contribution is -2.61. The second kappa shape index (κ2) is 9.28. The molecular weight excluding hydrogens is 480 g/mol. The number of aliphatic hydroxyl groups excluding tert-OH is 1. The van der Waals surface area contributed by atoms with Crippen LogP contribution in [0.2, 0.25) is 0 Å². The number of carbonyl (C=O) groups is 1. The molecule has 0 bridgehead atoms. The van der Waals surface area contributed by atoms with Crippen molar-refractivity contribution in [3.63, 3.8) is 0 Å². The summed E-state index contributed by atoms with van der Waals surface area (Å²) in [6.45, 7) is 6.07. The molecular formula is C28H30N8O2. The van der Waals surface area contributed by atoms with Gasteiger partial charge in [0.2, 0.25) is 5.91 Å². The van der Waals surface area contributed by atoms with Crippen molar-refractivity contribution in [1.29, 1.82) is 0 Å². The zero-order chi connectivity index (χ0) is 26.6. The summed E-state index contributed by atoms with van der Waals surface area (Å²) in [6, 6.07) is 6.15. The minimum absolute atomic E-state index is 0.0355. The fraction of sp³-hybridized carbons (Fsp3) is 0.357. The fourth-order valence-corrected chi connectivity index (χ4v) is 5.80. The zero-order valence-corrected chi connectivity index (χ0v) is 21.5. The van der Waals surface area contributed by atoms with Crippen LogP contribution in [0.5, 0.6) is 0 Å². The summed E-state index contributed by atoms with van der Waals surface area (Å²) in [4.78, 5) is 24.6. The lowest BCUT2D eigenvalue weighted by Gasteiger charge is -2.47. The van der Waals surface area contributed by atoms with Gasteiger partial charge in [0.1, 0.15) is 23.5 Å². The SMILES string of the molecule is C=CC(=O)N1CCC(N2CC(C#Cc3c(-c4cccc5c4cnn5C)c4c(N)ncnc4n3C)C2)C(O)C1. The first kappa shape index (κ1) is 24.2. The monoisotopic (exact) mass is 510 g/mol. The number of nitrogens with zero attached hydrogens (tertiary/aromatic N) is 7. The van der Waals surface area contributed by atoms with E-state index in [1.54, 1.807) is 4.90 Å². The van der Waals surface area contributed by atoms with Crippen LogP contribution >= 0.6 is 0 Å². The van der Waals surface area contributed by atoms with Gasteiger partial charge in [0, 0.05) is 63.2 Å². The number of piperidine rings is 1. The average molecular weight is 511 g/mol. The highest BCUT2D eigenvalue weighted by atomic mass is 16.3. The summed E-state index contributed by atoms with van der Waals surface area (Å²) < 4.78 is 3.84. The van der Waals surface area contributed by atoms with Crippen LogP contribution < -0.4 is 5.73 Å². The van der Waals surface area contributed by atoms with Gasteiger partial charge < -0.3 is 20.3 Å². The van der Waals surface area contributed by atoms with Crippen LogP contribution in [-0.4, -0.2) is 83.5 Å². The van der Waals surface area contributed by atoms with Crippen molar-refractivity contribution >= 4 is 33.7 Å². The van der Waals surface area contributed by atoms with Gasteiger partial charge in [-0.2, -0.15) is 5.10 Å². The Bertz CT molecular complexity index is 1640. The Morgan fingerprint density at radius 3 is 2.82 bits per heavy atom. The van der Waals surface area contributed by atoms with Gasteiger partial charge in [-0.1, -0.05) is 24.6 Å². The Morgan fingerprint density at radius 2 is 2.05 bits per heavy atom. The summed E-state index contributed by atoms with van der Waals surface area (Å²) in [5.41, 5.74) is 10.9. The van der Waals surface area contributed by atoms with E-state index in [1.807, 2.05) is 41.7 Å². The highest BCUT2D eigenvalue weighted by Crippen LogP contribution is 2.39. The van der Waals surface area contributed by atoms with Gasteiger partial charge in [-0.15, -0.1) is 0 Å². The van der Waals surface area contributed by atoms with E-state index in [0.717, 1.165) is 58.3 Å². The van der Waals surface area contributed by atoms with Crippen molar-refractivity contribution in [3.8, 4) is 23.0 Å². The van der Waals surface area contributed by atoms with Gasteiger partial charge in [-0.3, -0.25) is 14.4 Å². The third-order valence-corrected chi connectivity index (χ3v) is 7.86. The van der Waals surface area contributed by atoms with Gasteiger partial charge in [-0.25, -0.2) is 9.97 Å². The van der Waals surface area contributed by atoms with Crippen molar-refractivity contribution in [2.24, 2.45) is 20.0 Å². The van der Waals surface area contributed by atoms with Crippen molar-refractivity contribution in [3.05, 3.63) is 49.1 Å². The number of aliphatic hydroxyl groups is 1. The molecule has 2 atom stereocenters. The van der Waals surface area contributed by atoms with Crippen LogP contribution in [0.1, 0.15) is 12.1 Å². The highest BCUT2D eigenvalue weighted by Gasteiger charge is 2.38. The summed E-state index contributed by atoms with van der Waals surface area (Å²) in [7, 11) is 3.88. The standard InChI is InChI=1S/C28H30N8O2/c1-4-24(38)35-11-10-21(23(37)15-35)36-13-17(14-36)8-9-22-25(26-27(29)30-16-31-28(26)33(22)2)18-6-5-7-20-19(18)12-32-34(20)3/h4-7,12,16-17,21,23,37H,1,10-11,13-15H2,2-3H3,(H2,29,30,31). The number of aromatic nitrogens is 5. The smallest absolute Gasteiger partial charge is 0.246 e. The van der Waals surface area contributed by atoms with Crippen LogP contribution in [0.4, 0.5) is 5.82 Å². The molecule has 5 heterocycles. The maximum atomic E-state index is 11.9. The molecule has 1 amide bonds. The van der Waals surface area contributed by atoms with Gasteiger partial charge in [0.15, 0.2) is 0 Å². The Morgan fingerprint density at radius 1 is 1.24 bits per heavy atom. The Labute approximate surface area is 220 Å². The molecule has 3 N–H and O–H groups in total. The third-order valence-electron chi connectivity index (χ3n) is 7.86. The van der Waals surface area contributed by atoms with Gasteiger partial charge in [0.05, 0.1) is 23.2 Å². The molecule has 2 aliphatic heterocycles. The van der Waals surface area contributed by atoms with E-state index in [9.17, 15) is 9.90 Å². The molecule has 4 aromatic rings. The number of nitrogens with two attached hydrogens (primary N) is 1. The number of β-amino-alcohol motifs (C(OH)–C–C–N with tert-alkyl or cyclic N) is 1. The Kier molecular flexibility index (Phi) is 5.90. The molecule has 38 heavy (non-hydrogen) atoms. The topological polar surface area (TPSA) is 118 Å². The zero-order valence-electron chi connectivity index (χ0n) is 21.5. The lowest BCUT2D eigenvalue weighted by molar-refractivity contribution is -0.132. The van der Waals surface area contributed by atoms with E-state index in [0.29, 0.717) is 18.9 Å². The maximum Gasteiger partial charge on any atom is 0.246 e. The number of likely N-dealkylation sites (tertiary alicyclic amines) is 2. The van der Waals surface area contributed by atoms with Crippen LogP contribution in [-0.2, 0) is 18.9 Å². The Hall–Kier alpha value is -4.20. The molecule has 2 aliphatic rings. The van der Waals surface area contributed by atoms with Gasteiger partial charge in [0.25, 0.3) is 0 Å². The van der Waals surface area contributed by atoms with E-state index in [-0.39, 0.29) is 17.9 Å². The second-order valence-electron chi connectivity index (χ2n) is 10.1. The van der Waals surface area contributed by atoms with Crippen molar-refractivity contribution in [1.82, 2.24) is 34.1 Å². The molecule has 3 aromatic heterocycles. The first-order chi connectivity index (χ1) is 18.4. The van der Waals surface area contributed by atoms with Crippen LogP contribution in [0, 0.1) is 17.8 Å². The normalized spacial score (nSPS) is 20.3. The summed E-state index contributed by atoms with van der Waals surface area (Å²) in [5, 5.41) is 16.9. The van der Waals surface area contributed by atoms with Crippen molar-refractivity contribution in [2.75, 3.05) is 31.9 Å². The number of nitrogen functional groups attached to an aromatic ring is 1. The predicted octanol–water partition coefficient (Wildman–Crippen LogP) is 1.54. The molecule has 0 saturated carbocycles. The molecule has 2 fully saturated rings. The van der Waals surface area contributed by atoms with Gasteiger partial charge >= 0.3 is 0 Å². The van der Waals surface area contributed by atoms with Crippen molar-refractivity contribution < 1.29 is 9.90 Å². The van der Waals surface area contributed by atoms with Gasteiger partial charge in [-0.05, 0) is 30.0 Å². The second-order valence-corrected chi connectivity index (χ2v) is 10.1. The number of rotatable bonds is 3. The predicted molar refractivity (Wildman–Crippen MR) is 146 cm³/mol. The van der Waals surface area contributed by atoms with Crippen LogP contribution in [0.3, 0.4) is 0 Å². The van der Waals surface area contributed by atoms with E-state index in [4.69, 9.17) is 5.73 Å². The quantitative estimate of drug-likeness (QED) is 0.317. The van der Waals surface area contributed by atoms with E-state index in [1.165, 1.54) is 12.4 Å². The van der Waals surface area contributed by atoms with E-state index >= 15 is 0 Å². The first-order valence-corrected chi connectivity index (χ1v) is 12.7. The van der Waals surface area contributed by atoms with E-state index < -0.39 is 6.10 Å². The fourth-order valence-electron chi connectivity index (χ4n) is 5.80. The lowest BCUT2D eigenvalue weighted by atomic mass is 9.91. The number of anilines is 1.